The van der Waals surface area contributed by atoms with Gasteiger partial charge < -0.3 is 11.5 Å². The van der Waals surface area contributed by atoms with Crippen LogP contribution in [-0.2, 0) is 6.42 Å². The topological polar surface area (TPSA) is 52.0 Å². The minimum atomic E-state index is 0.671. The molecule has 2 heteroatoms. The first-order valence-corrected chi connectivity index (χ1v) is 5.88. The molecule has 0 aliphatic rings. The van der Waals surface area contributed by atoms with Gasteiger partial charge in [0.2, 0.25) is 0 Å². The number of anilines is 2. The molecular weight excluding hydrogens is 208 g/mol. The van der Waals surface area contributed by atoms with E-state index >= 15 is 0 Å². The van der Waals surface area contributed by atoms with Crippen molar-refractivity contribution in [2.24, 2.45) is 0 Å². The van der Waals surface area contributed by atoms with Crippen molar-refractivity contribution >= 4 is 11.4 Å². The molecule has 0 saturated heterocycles. The number of hydrogen-bond donors (Lipinski definition) is 2. The van der Waals surface area contributed by atoms with E-state index in [1.165, 1.54) is 5.56 Å². The maximum Gasteiger partial charge on any atom is 0.0550 e. The minimum absolute atomic E-state index is 0.671. The average Bonchev–Trinajstić information content (AvgIpc) is 2.37. The fourth-order valence-electron chi connectivity index (χ4n) is 1.45. The third-order valence-electron chi connectivity index (χ3n) is 2.36. The third-order valence-corrected chi connectivity index (χ3v) is 2.36. The highest BCUT2D eigenvalue weighted by Crippen LogP contribution is 2.16. The van der Waals surface area contributed by atoms with Crippen LogP contribution in [0.3, 0.4) is 0 Å². The summed E-state index contributed by atoms with van der Waals surface area (Å²) in [6.07, 6.45) is 2.22. The second kappa shape index (κ2) is 7.34. The molecule has 2 aromatic rings. The lowest BCUT2D eigenvalue weighted by atomic mass is 10.1. The summed E-state index contributed by atoms with van der Waals surface area (Å²) >= 11 is 0. The van der Waals surface area contributed by atoms with Gasteiger partial charge in [-0.3, -0.25) is 0 Å². The van der Waals surface area contributed by atoms with Crippen LogP contribution in [0.15, 0.2) is 54.6 Å². The Hall–Kier alpha value is -1.96. The summed E-state index contributed by atoms with van der Waals surface area (Å²) in [5.41, 5.74) is 13.8. The van der Waals surface area contributed by atoms with Crippen molar-refractivity contribution < 1.29 is 0 Å². The van der Waals surface area contributed by atoms with Crippen LogP contribution in [0.25, 0.3) is 0 Å². The molecule has 0 aliphatic carbocycles. The summed E-state index contributed by atoms with van der Waals surface area (Å²) in [6.45, 7) is 2.15. The van der Waals surface area contributed by atoms with Crippen LogP contribution in [0.4, 0.5) is 11.4 Å². The predicted octanol–water partition coefficient (Wildman–Crippen LogP) is 3.49. The molecule has 17 heavy (non-hydrogen) atoms. The van der Waals surface area contributed by atoms with E-state index in [0.29, 0.717) is 11.4 Å². The Kier molecular flexibility index (Phi) is 5.66. The number of hydrogen-bond acceptors (Lipinski definition) is 2. The molecule has 0 fully saturated rings. The molecule has 0 amide bonds. The van der Waals surface area contributed by atoms with Gasteiger partial charge in [-0.25, -0.2) is 0 Å². The second-order valence-electron chi connectivity index (χ2n) is 3.87. The summed E-state index contributed by atoms with van der Waals surface area (Å²) in [5.74, 6) is 0. The van der Waals surface area contributed by atoms with Crippen LogP contribution in [0, 0.1) is 0 Å². The van der Waals surface area contributed by atoms with Gasteiger partial charge in [-0.1, -0.05) is 55.8 Å². The maximum atomic E-state index is 5.63. The lowest BCUT2D eigenvalue weighted by Crippen LogP contribution is -1.95. The summed E-state index contributed by atoms with van der Waals surface area (Å²) < 4.78 is 0. The molecule has 0 unspecified atom stereocenters. The second-order valence-corrected chi connectivity index (χ2v) is 3.87. The molecule has 90 valence electrons. The normalized spacial score (nSPS) is 9.24. The van der Waals surface area contributed by atoms with Gasteiger partial charge in [-0.05, 0) is 24.1 Å². The first-order chi connectivity index (χ1) is 8.24. The van der Waals surface area contributed by atoms with Gasteiger partial charge in [0.1, 0.15) is 0 Å². The number of rotatable bonds is 2. The van der Waals surface area contributed by atoms with E-state index in [1.807, 2.05) is 54.6 Å². The van der Waals surface area contributed by atoms with Crippen molar-refractivity contribution in [1.29, 1.82) is 0 Å². The SMILES string of the molecule is CCCc1ccc(N)c(N)c1.c1ccccc1. The van der Waals surface area contributed by atoms with Gasteiger partial charge in [0.25, 0.3) is 0 Å². The summed E-state index contributed by atoms with van der Waals surface area (Å²) in [5, 5.41) is 0. The van der Waals surface area contributed by atoms with Crippen LogP contribution >= 0.6 is 0 Å². The predicted molar refractivity (Wildman–Crippen MR) is 75.7 cm³/mol. The summed E-state index contributed by atoms with van der Waals surface area (Å²) in [6, 6.07) is 17.8. The van der Waals surface area contributed by atoms with Crippen LogP contribution in [0.5, 0.6) is 0 Å². The van der Waals surface area contributed by atoms with Crippen LogP contribution in [-0.4, -0.2) is 0 Å². The molecule has 2 rings (SSSR count). The Balaban J connectivity index is 0.000000202. The monoisotopic (exact) mass is 228 g/mol. The molecule has 0 aliphatic heterocycles. The fraction of sp³-hybridized carbons (Fsp3) is 0.200. The van der Waals surface area contributed by atoms with Crippen molar-refractivity contribution in [1.82, 2.24) is 0 Å². The molecule has 0 atom stereocenters. The molecule has 2 aromatic carbocycles. The lowest BCUT2D eigenvalue weighted by molar-refractivity contribution is 0.922. The maximum absolute atomic E-state index is 5.63. The molecule has 2 nitrogen and oxygen atoms in total. The number of nitrogens with two attached hydrogens (primary N) is 2. The van der Waals surface area contributed by atoms with Crippen molar-refractivity contribution in [2.45, 2.75) is 19.8 Å². The van der Waals surface area contributed by atoms with Gasteiger partial charge in [-0.2, -0.15) is 0 Å². The van der Waals surface area contributed by atoms with E-state index in [4.69, 9.17) is 11.5 Å². The van der Waals surface area contributed by atoms with E-state index in [2.05, 4.69) is 6.92 Å². The zero-order chi connectivity index (χ0) is 12.5. The molecule has 0 saturated carbocycles. The van der Waals surface area contributed by atoms with Crippen LogP contribution < -0.4 is 11.5 Å². The number of nitrogen functional groups attached to an aromatic ring is 2. The Bertz CT molecular complexity index is 397. The highest BCUT2D eigenvalue weighted by Gasteiger charge is 1.95. The average molecular weight is 228 g/mol. The molecule has 0 radical (unpaired) electrons. The Labute approximate surface area is 103 Å². The van der Waals surface area contributed by atoms with Gasteiger partial charge >= 0.3 is 0 Å². The molecule has 4 N–H and O–H groups in total. The third kappa shape index (κ3) is 5.07. The van der Waals surface area contributed by atoms with E-state index in [0.717, 1.165) is 12.8 Å². The quantitative estimate of drug-likeness (QED) is 0.773. The first-order valence-electron chi connectivity index (χ1n) is 5.88. The smallest absolute Gasteiger partial charge is 0.0550 e. The van der Waals surface area contributed by atoms with E-state index in [-0.39, 0.29) is 0 Å². The Morgan fingerprint density at radius 1 is 0.824 bits per heavy atom. The van der Waals surface area contributed by atoms with E-state index < -0.39 is 0 Å². The standard InChI is InChI=1S/C9H14N2.C6H6/c1-2-3-7-4-5-8(10)9(11)6-7;1-2-4-6-5-3-1/h4-6H,2-3,10-11H2,1H3;1-6H. The summed E-state index contributed by atoms with van der Waals surface area (Å²) in [4.78, 5) is 0. The fourth-order valence-corrected chi connectivity index (χ4v) is 1.45. The van der Waals surface area contributed by atoms with Crippen molar-refractivity contribution in [3.63, 3.8) is 0 Å². The Morgan fingerprint density at radius 3 is 1.76 bits per heavy atom. The van der Waals surface area contributed by atoms with Crippen molar-refractivity contribution in [2.75, 3.05) is 11.5 Å². The molecule has 0 aromatic heterocycles. The largest absolute Gasteiger partial charge is 0.397 e. The van der Waals surface area contributed by atoms with E-state index in [1.54, 1.807) is 0 Å². The van der Waals surface area contributed by atoms with Gasteiger partial charge in [0, 0.05) is 0 Å². The van der Waals surface area contributed by atoms with Gasteiger partial charge in [-0.15, -0.1) is 0 Å². The number of benzene rings is 2. The highest BCUT2D eigenvalue weighted by molar-refractivity contribution is 5.63. The molecule has 0 heterocycles. The van der Waals surface area contributed by atoms with E-state index in [9.17, 15) is 0 Å². The van der Waals surface area contributed by atoms with Crippen molar-refractivity contribution in [3.8, 4) is 0 Å². The minimum Gasteiger partial charge on any atom is -0.397 e. The zero-order valence-corrected chi connectivity index (χ0v) is 10.3. The highest BCUT2D eigenvalue weighted by atomic mass is 14.7. The van der Waals surface area contributed by atoms with Gasteiger partial charge in [0.05, 0.1) is 11.4 Å². The zero-order valence-electron chi connectivity index (χ0n) is 10.3. The van der Waals surface area contributed by atoms with Crippen molar-refractivity contribution in [3.05, 3.63) is 60.2 Å². The van der Waals surface area contributed by atoms with Crippen LogP contribution in [0.2, 0.25) is 0 Å². The Morgan fingerprint density at radius 2 is 1.35 bits per heavy atom. The molecular formula is C15H20N2. The molecule has 0 spiro atoms. The lowest BCUT2D eigenvalue weighted by Gasteiger charge is -2.02. The summed E-state index contributed by atoms with van der Waals surface area (Å²) in [7, 11) is 0. The molecule has 0 bridgehead atoms. The van der Waals surface area contributed by atoms with Crippen LogP contribution in [0.1, 0.15) is 18.9 Å². The van der Waals surface area contributed by atoms with Gasteiger partial charge in [0.15, 0.2) is 0 Å². The number of aryl methyl sites for hydroxylation is 1. The first kappa shape index (κ1) is 13.1.